The molecule has 2 N–H and O–H groups in total. The van der Waals surface area contributed by atoms with Crippen molar-refractivity contribution in [3.8, 4) is 5.75 Å². The lowest BCUT2D eigenvalue weighted by Gasteiger charge is -2.25. The summed E-state index contributed by atoms with van der Waals surface area (Å²) in [5.74, 6) is 0.629. The summed E-state index contributed by atoms with van der Waals surface area (Å²) in [4.78, 5) is 11.4. The zero-order chi connectivity index (χ0) is 17.9. The number of nitrogens with zero attached hydrogens (tertiary/aromatic N) is 1. The summed E-state index contributed by atoms with van der Waals surface area (Å²) in [6.07, 6.45) is 1.08. The fourth-order valence-electron chi connectivity index (χ4n) is 2.71. The van der Waals surface area contributed by atoms with Crippen LogP contribution in [0.4, 0.5) is 0 Å². The molecular weight excluding hydrogens is 328 g/mol. The third-order valence-corrected chi connectivity index (χ3v) is 4.46. The predicted octanol–water partition coefficient (Wildman–Crippen LogP) is 3.30. The van der Waals surface area contributed by atoms with Crippen LogP contribution < -0.4 is 10.2 Å². The number of aliphatic hydroxyl groups is 1. The number of hydrazone groups is 1. The fourth-order valence-corrected chi connectivity index (χ4v) is 3.03. The number of rotatable bonds is 6. The van der Waals surface area contributed by atoms with E-state index in [0.717, 1.165) is 16.8 Å². The molecule has 0 aliphatic carbocycles. The van der Waals surface area contributed by atoms with E-state index in [1.807, 2.05) is 39.8 Å². The van der Waals surface area contributed by atoms with E-state index in [1.165, 1.54) is 0 Å². The van der Waals surface area contributed by atoms with Crippen molar-refractivity contribution >= 4 is 23.2 Å². The number of hydrogen-bond acceptors (Lipinski definition) is 4. The maximum absolute atomic E-state index is 11.4. The Balaban J connectivity index is 2.21. The van der Waals surface area contributed by atoms with Gasteiger partial charge in [0, 0.05) is 29.9 Å². The molecule has 2 rings (SSSR count). The molecule has 0 saturated carbocycles. The molecule has 5 nitrogen and oxygen atoms in total. The Bertz CT molecular complexity index is 633. The van der Waals surface area contributed by atoms with Crippen molar-refractivity contribution in [2.24, 2.45) is 16.4 Å². The number of ether oxygens (including phenoxy) is 1. The van der Waals surface area contributed by atoms with Crippen LogP contribution in [0.1, 0.15) is 44.7 Å². The maximum atomic E-state index is 11.4. The lowest BCUT2D eigenvalue weighted by atomic mass is 9.91. The van der Waals surface area contributed by atoms with Gasteiger partial charge in [0.15, 0.2) is 0 Å². The highest BCUT2D eigenvalue weighted by atomic mass is 35.5. The van der Waals surface area contributed by atoms with E-state index < -0.39 is 0 Å². The number of carbonyl (C=O) groups is 1. The van der Waals surface area contributed by atoms with Crippen LogP contribution in [0.25, 0.3) is 0 Å². The van der Waals surface area contributed by atoms with Crippen molar-refractivity contribution in [2.75, 3.05) is 13.2 Å². The van der Waals surface area contributed by atoms with Gasteiger partial charge in [-0.05, 0) is 31.0 Å². The van der Waals surface area contributed by atoms with Crippen molar-refractivity contribution in [3.05, 3.63) is 28.3 Å². The van der Waals surface area contributed by atoms with Crippen LogP contribution in [0, 0.1) is 18.3 Å². The molecule has 1 amide bonds. The normalized spacial score (nSPS) is 18.2. The van der Waals surface area contributed by atoms with Crippen LogP contribution in [0.3, 0.4) is 0 Å². The zero-order valence-corrected chi connectivity index (χ0v) is 15.4. The largest absolute Gasteiger partial charge is 0.491 e. The van der Waals surface area contributed by atoms with Gasteiger partial charge in [0.1, 0.15) is 5.75 Å². The SMILES string of the molecule is Cc1cc(C2=NNC(=O)CC2C)cc(Cl)c1OCC(C)(C)CCO. The predicted molar refractivity (Wildman–Crippen MR) is 95.6 cm³/mol. The number of amides is 1. The van der Waals surface area contributed by atoms with Crippen LogP contribution in [-0.2, 0) is 4.79 Å². The minimum atomic E-state index is -0.130. The molecule has 132 valence electrons. The first-order chi connectivity index (χ1) is 11.2. The fraction of sp³-hybridized carbons (Fsp3) is 0.556. The second-order valence-corrected chi connectivity index (χ2v) is 7.57. The van der Waals surface area contributed by atoms with E-state index >= 15 is 0 Å². The zero-order valence-electron chi connectivity index (χ0n) is 14.6. The summed E-state index contributed by atoms with van der Waals surface area (Å²) in [5.41, 5.74) is 5.04. The van der Waals surface area contributed by atoms with Gasteiger partial charge >= 0.3 is 0 Å². The molecule has 1 aliphatic heterocycles. The Morgan fingerprint density at radius 2 is 2.17 bits per heavy atom. The molecule has 1 atom stereocenters. The molecular formula is C18H25ClN2O3. The Hall–Kier alpha value is -1.59. The van der Waals surface area contributed by atoms with E-state index in [4.69, 9.17) is 21.4 Å². The van der Waals surface area contributed by atoms with E-state index in [-0.39, 0.29) is 23.8 Å². The Kier molecular flexibility index (Phi) is 5.88. The average Bonchev–Trinajstić information content (AvgIpc) is 2.45. The number of benzene rings is 1. The first-order valence-corrected chi connectivity index (χ1v) is 8.52. The van der Waals surface area contributed by atoms with Crippen LogP contribution in [0.15, 0.2) is 17.2 Å². The Morgan fingerprint density at radius 3 is 2.75 bits per heavy atom. The molecule has 0 spiro atoms. The van der Waals surface area contributed by atoms with Crippen molar-refractivity contribution in [3.63, 3.8) is 0 Å². The van der Waals surface area contributed by atoms with Crippen LogP contribution >= 0.6 is 11.6 Å². The van der Waals surface area contributed by atoms with Gasteiger partial charge in [-0.3, -0.25) is 4.79 Å². The highest BCUT2D eigenvalue weighted by molar-refractivity contribution is 6.32. The van der Waals surface area contributed by atoms with Gasteiger partial charge in [0.25, 0.3) is 0 Å². The van der Waals surface area contributed by atoms with Gasteiger partial charge in [-0.1, -0.05) is 32.4 Å². The van der Waals surface area contributed by atoms with Gasteiger partial charge in [-0.2, -0.15) is 5.10 Å². The number of hydrogen-bond donors (Lipinski definition) is 2. The number of aliphatic hydroxyl groups excluding tert-OH is 1. The summed E-state index contributed by atoms with van der Waals surface area (Å²) >= 11 is 6.42. The molecule has 0 radical (unpaired) electrons. The van der Waals surface area contributed by atoms with Gasteiger partial charge in [0.05, 0.1) is 17.3 Å². The number of halogens is 1. The Morgan fingerprint density at radius 1 is 1.46 bits per heavy atom. The smallest absolute Gasteiger partial charge is 0.240 e. The van der Waals surface area contributed by atoms with Crippen molar-refractivity contribution < 1.29 is 14.6 Å². The van der Waals surface area contributed by atoms with Gasteiger partial charge in [0.2, 0.25) is 5.91 Å². The third kappa shape index (κ3) is 4.48. The second-order valence-electron chi connectivity index (χ2n) is 7.17. The minimum Gasteiger partial charge on any atom is -0.491 e. The van der Waals surface area contributed by atoms with E-state index in [0.29, 0.717) is 30.2 Å². The average molecular weight is 353 g/mol. The first-order valence-electron chi connectivity index (χ1n) is 8.14. The lowest BCUT2D eigenvalue weighted by Crippen LogP contribution is -2.32. The Labute approximate surface area is 148 Å². The molecule has 24 heavy (non-hydrogen) atoms. The van der Waals surface area contributed by atoms with Gasteiger partial charge in [-0.25, -0.2) is 5.43 Å². The van der Waals surface area contributed by atoms with Crippen molar-refractivity contribution in [1.29, 1.82) is 0 Å². The standard InChI is InChI=1S/C18H25ClN2O3/c1-11-8-15(23)20-21-16(11)13-7-12(2)17(14(19)9-13)24-10-18(3,4)5-6-22/h7,9,11,22H,5-6,8,10H2,1-4H3,(H,20,23). The number of carbonyl (C=O) groups excluding carboxylic acids is 1. The molecule has 1 aromatic carbocycles. The highest BCUT2D eigenvalue weighted by Gasteiger charge is 2.24. The summed E-state index contributed by atoms with van der Waals surface area (Å²) in [7, 11) is 0. The quantitative estimate of drug-likeness (QED) is 0.825. The molecule has 0 aromatic heterocycles. The van der Waals surface area contributed by atoms with Crippen LogP contribution in [0.5, 0.6) is 5.75 Å². The minimum absolute atomic E-state index is 0.0458. The molecule has 1 aromatic rings. The summed E-state index contributed by atoms with van der Waals surface area (Å²) < 4.78 is 5.92. The molecule has 1 aliphatic rings. The monoisotopic (exact) mass is 352 g/mol. The van der Waals surface area contributed by atoms with Gasteiger partial charge in [-0.15, -0.1) is 0 Å². The van der Waals surface area contributed by atoms with E-state index in [9.17, 15) is 4.79 Å². The molecule has 6 heteroatoms. The lowest BCUT2D eigenvalue weighted by molar-refractivity contribution is -0.121. The maximum Gasteiger partial charge on any atom is 0.240 e. The van der Waals surface area contributed by atoms with Crippen LogP contribution in [0.2, 0.25) is 5.02 Å². The summed E-state index contributed by atoms with van der Waals surface area (Å²) in [6.45, 7) is 8.61. The topological polar surface area (TPSA) is 70.9 Å². The third-order valence-electron chi connectivity index (χ3n) is 4.18. The first kappa shape index (κ1) is 18.7. The molecule has 0 saturated heterocycles. The van der Waals surface area contributed by atoms with Crippen LogP contribution in [-0.4, -0.2) is 29.9 Å². The summed E-state index contributed by atoms with van der Waals surface area (Å²) in [6, 6.07) is 3.81. The van der Waals surface area contributed by atoms with E-state index in [1.54, 1.807) is 0 Å². The highest BCUT2D eigenvalue weighted by Crippen LogP contribution is 2.33. The van der Waals surface area contributed by atoms with Gasteiger partial charge < -0.3 is 9.84 Å². The molecule has 0 fully saturated rings. The summed E-state index contributed by atoms with van der Waals surface area (Å²) in [5, 5.41) is 13.8. The van der Waals surface area contributed by atoms with Crippen molar-refractivity contribution in [1.82, 2.24) is 5.43 Å². The molecule has 1 heterocycles. The second kappa shape index (κ2) is 7.53. The molecule has 0 bridgehead atoms. The number of nitrogens with one attached hydrogen (secondary N) is 1. The molecule has 1 unspecified atom stereocenters. The van der Waals surface area contributed by atoms with Crippen molar-refractivity contribution in [2.45, 2.75) is 40.5 Å². The number of aryl methyl sites for hydroxylation is 1. The van der Waals surface area contributed by atoms with E-state index in [2.05, 4.69) is 10.5 Å².